The zero-order chi connectivity index (χ0) is 21.6. The first-order valence-electron chi connectivity index (χ1n) is 11.1. The van der Waals surface area contributed by atoms with Gasteiger partial charge in [0.1, 0.15) is 18.1 Å². The van der Waals surface area contributed by atoms with Gasteiger partial charge in [-0.3, -0.25) is 9.59 Å². The van der Waals surface area contributed by atoms with Crippen molar-refractivity contribution in [2.45, 2.75) is 51.1 Å². The van der Waals surface area contributed by atoms with Crippen molar-refractivity contribution in [2.75, 3.05) is 20.3 Å². The van der Waals surface area contributed by atoms with Crippen molar-refractivity contribution in [1.82, 2.24) is 10.2 Å². The Kier molecular flexibility index (Phi) is 6.75. The number of carbonyl (C=O) groups is 2. The minimum Gasteiger partial charge on any atom is -0.497 e. The van der Waals surface area contributed by atoms with Crippen molar-refractivity contribution in [3.63, 3.8) is 0 Å². The van der Waals surface area contributed by atoms with Gasteiger partial charge in [0.05, 0.1) is 13.7 Å². The van der Waals surface area contributed by atoms with Crippen LogP contribution < -0.4 is 14.8 Å². The van der Waals surface area contributed by atoms with E-state index in [4.69, 9.17) is 9.47 Å². The number of aryl methyl sites for hydroxylation is 2. The molecule has 0 aromatic heterocycles. The first kappa shape index (κ1) is 21.2. The average molecular weight is 423 g/mol. The Morgan fingerprint density at radius 2 is 1.81 bits per heavy atom. The lowest BCUT2D eigenvalue weighted by Gasteiger charge is -2.20. The van der Waals surface area contributed by atoms with Gasteiger partial charge < -0.3 is 19.7 Å². The molecule has 0 saturated heterocycles. The highest BCUT2D eigenvalue weighted by Crippen LogP contribution is 2.26. The zero-order valence-electron chi connectivity index (χ0n) is 18.1. The van der Waals surface area contributed by atoms with Crippen LogP contribution in [0, 0.1) is 0 Å². The maximum Gasteiger partial charge on any atom is 0.223 e. The predicted molar refractivity (Wildman–Crippen MR) is 118 cm³/mol. The third kappa shape index (κ3) is 6.00. The normalized spacial score (nSPS) is 15.5. The number of carbonyl (C=O) groups excluding carboxylic acids is 2. The molecule has 6 nitrogen and oxygen atoms in total. The Morgan fingerprint density at radius 1 is 1.06 bits per heavy atom. The first-order valence-corrected chi connectivity index (χ1v) is 11.1. The molecule has 6 heteroatoms. The fourth-order valence-corrected chi connectivity index (χ4v) is 3.80. The maximum absolute atomic E-state index is 12.9. The summed E-state index contributed by atoms with van der Waals surface area (Å²) in [7, 11) is 1.64. The molecule has 0 radical (unpaired) electrons. The summed E-state index contributed by atoms with van der Waals surface area (Å²) in [5, 5.41) is 3.03. The highest BCUT2D eigenvalue weighted by Gasteiger charge is 2.23. The summed E-state index contributed by atoms with van der Waals surface area (Å²) >= 11 is 0. The minimum atomic E-state index is 0.115. The smallest absolute Gasteiger partial charge is 0.223 e. The van der Waals surface area contributed by atoms with E-state index in [0.717, 1.165) is 41.0 Å². The van der Waals surface area contributed by atoms with E-state index in [0.29, 0.717) is 51.4 Å². The minimum absolute atomic E-state index is 0.115. The SMILES string of the molecule is COc1ccc(CCC(=O)N2CCOc3ccc(CCC(=O)NC4CC4)cc3C2)cc1. The molecule has 0 unspecified atom stereocenters. The van der Waals surface area contributed by atoms with Crippen LogP contribution in [0.5, 0.6) is 11.5 Å². The first-order chi connectivity index (χ1) is 15.1. The number of rotatable bonds is 8. The molecule has 0 spiro atoms. The Labute approximate surface area is 183 Å². The quantitative estimate of drug-likeness (QED) is 0.709. The molecule has 1 heterocycles. The van der Waals surface area contributed by atoms with Crippen LogP contribution in [0.3, 0.4) is 0 Å². The molecule has 2 aromatic carbocycles. The molecule has 2 aliphatic rings. The largest absolute Gasteiger partial charge is 0.497 e. The fraction of sp³-hybridized carbons (Fsp3) is 0.440. The standard InChI is InChI=1S/C25H30N2O4/c1-30-22-9-2-18(3-10-22)6-13-25(29)27-14-15-31-23-11-4-19(16-20(23)17-27)5-12-24(28)26-21-7-8-21/h2-4,9-11,16,21H,5-8,12-15,17H2,1H3,(H,26,28). The van der Waals surface area contributed by atoms with Crippen LogP contribution in [0.25, 0.3) is 0 Å². The molecule has 1 fully saturated rings. The lowest BCUT2D eigenvalue weighted by atomic mass is 10.0. The number of nitrogens with zero attached hydrogens (tertiary/aromatic N) is 1. The number of benzene rings is 2. The molecule has 2 amide bonds. The molecule has 1 N–H and O–H groups in total. The predicted octanol–water partition coefficient (Wildman–Crippen LogP) is 3.26. The zero-order valence-corrected chi connectivity index (χ0v) is 18.1. The van der Waals surface area contributed by atoms with Crippen molar-refractivity contribution in [1.29, 1.82) is 0 Å². The third-order valence-electron chi connectivity index (χ3n) is 5.83. The van der Waals surface area contributed by atoms with Crippen molar-refractivity contribution in [3.8, 4) is 11.5 Å². The van der Waals surface area contributed by atoms with Crippen LogP contribution in [0.4, 0.5) is 0 Å². The Morgan fingerprint density at radius 3 is 2.55 bits per heavy atom. The van der Waals surface area contributed by atoms with Gasteiger partial charge in [0.2, 0.25) is 11.8 Å². The van der Waals surface area contributed by atoms with Crippen LogP contribution in [0.2, 0.25) is 0 Å². The highest BCUT2D eigenvalue weighted by molar-refractivity contribution is 5.77. The molecule has 31 heavy (non-hydrogen) atoms. The number of hydrogen-bond donors (Lipinski definition) is 1. The van der Waals surface area contributed by atoms with Crippen LogP contribution in [-0.4, -0.2) is 43.0 Å². The molecule has 1 aliphatic carbocycles. The van der Waals surface area contributed by atoms with E-state index in [-0.39, 0.29) is 11.8 Å². The fourth-order valence-electron chi connectivity index (χ4n) is 3.80. The van der Waals surface area contributed by atoms with Gasteiger partial charge in [0.15, 0.2) is 0 Å². The Hall–Kier alpha value is -3.02. The summed E-state index contributed by atoms with van der Waals surface area (Å²) in [6.07, 6.45) is 4.54. The summed E-state index contributed by atoms with van der Waals surface area (Å²) < 4.78 is 11.1. The number of ether oxygens (including phenoxy) is 2. The van der Waals surface area contributed by atoms with Crippen LogP contribution in [0.1, 0.15) is 42.4 Å². The second-order valence-corrected chi connectivity index (χ2v) is 8.30. The van der Waals surface area contributed by atoms with Crippen molar-refractivity contribution in [3.05, 3.63) is 59.2 Å². The monoisotopic (exact) mass is 422 g/mol. The molecule has 4 rings (SSSR count). The van der Waals surface area contributed by atoms with Crippen molar-refractivity contribution in [2.24, 2.45) is 0 Å². The van der Waals surface area contributed by atoms with E-state index in [1.54, 1.807) is 7.11 Å². The molecular weight excluding hydrogens is 392 g/mol. The van der Waals surface area contributed by atoms with Crippen LogP contribution in [-0.2, 0) is 29.0 Å². The summed E-state index contributed by atoms with van der Waals surface area (Å²) in [6.45, 7) is 1.61. The van der Waals surface area contributed by atoms with E-state index in [1.165, 1.54) is 0 Å². The number of amides is 2. The third-order valence-corrected chi connectivity index (χ3v) is 5.83. The van der Waals surface area contributed by atoms with Gasteiger partial charge in [-0.05, 0) is 55.0 Å². The van der Waals surface area contributed by atoms with Crippen LogP contribution in [0.15, 0.2) is 42.5 Å². The Bertz CT molecular complexity index is 922. The van der Waals surface area contributed by atoms with Gasteiger partial charge in [0, 0.05) is 31.0 Å². The van der Waals surface area contributed by atoms with E-state index < -0.39 is 0 Å². The number of methoxy groups -OCH3 is 1. The number of fused-ring (bicyclic) bond motifs is 1. The molecule has 0 atom stereocenters. The summed E-state index contributed by atoms with van der Waals surface area (Å²) in [5.41, 5.74) is 3.23. The van der Waals surface area contributed by atoms with E-state index >= 15 is 0 Å². The second-order valence-electron chi connectivity index (χ2n) is 8.30. The van der Waals surface area contributed by atoms with Crippen molar-refractivity contribution < 1.29 is 19.1 Å². The number of hydrogen-bond acceptors (Lipinski definition) is 4. The second kappa shape index (κ2) is 9.86. The average Bonchev–Trinajstić information content (AvgIpc) is 3.62. The molecule has 1 saturated carbocycles. The summed E-state index contributed by atoms with van der Waals surface area (Å²) in [4.78, 5) is 26.7. The Balaban J connectivity index is 1.33. The molecule has 1 aliphatic heterocycles. The van der Waals surface area contributed by atoms with E-state index in [9.17, 15) is 9.59 Å². The lowest BCUT2D eigenvalue weighted by molar-refractivity contribution is -0.131. The molecule has 2 aromatic rings. The molecule has 164 valence electrons. The lowest BCUT2D eigenvalue weighted by Crippen LogP contribution is -2.32. The molecular formula is C25H30N2O4. The summed E-state index contributed by atoms with van der Waals surface area (Å²) in [6, 6.07) is 14.3. The van der Waals surface area contributed by atoms with Crippen LogP contribution >= 0.6 is 0 Å². The van der Waals surface area contributed by atoms with Gasteiger partial charge in [-0.1, -0.05) is 24.3 Å². The van der Waals surface area contributed by atoms with Gasteiger partial charge in [-0.15, -0.1) is 0 Å². The molecule has 0 bridgehead atoms. The van der Waals surface area contributed by atoms with Gasteiger partial charge in [0.25, 0.3) is 0 Å². The van der Waals surface area contributed by atoms with Gasteiger partial charge in [-0.2, -0.15) is 0 Å². The van der Waals surface area contributed by atoms with Crippen molar-refractivity contribution >= 4 is 11.8 Å². The summed E-state index contributed by atoms with van der Waals surface area (Å²) in [5.74, 6) is 1.89. The number of nitrogens with one attached hydrogen (secondary N) is 1. The van der Waals surface area contributed by atoms with E-state index in [1.807, 2.05) is 41.3 Å². The highest BCUT2D eigenvalue weighted by atomic mass is 16.5. The van der Waals surface area contributed by atoms with Gasteiger partial charge >= 0.3 is 0 Å². The van der Waals surface area contributed by atoms with Gasteiger partial charge in [-0.25, -0.2) is 0 Å². The maximum atomic E-state index is 12.9. The topological polar surface area (TPSA) is 67.9 Å². The van der Waals surface area contributed by atoms with E-state index in [2.05, 4.69) is 11.4 Å².